The van der Waals surface area contributed by atoms with Gasteiger partial charge in [0, 0.05) is 19.3 Å². The Morgan fingerprint density at radius 1 is 1.41 bits per heavy atom. The first kappa shape index (κ1) is 11.6. The third-order valence-electron chi connectivity index (χ3n) is 3.01. The minimum atomic E-state index is -0.996. The van der Waals surface area contributed by atoms with Crippen LogP contribution in [0.4, 0.5) is 0 Å². The van der Waals surface area contributed by atoms with E-state index in [0.717, 1.165) is 25.9 Å². The normalized spacial score (nSPS) is 17.1. The van der Waals surface area contributed by atoms with E-state index in [1.54, 1.807) is 11.0 Å². The van der Waals surface area contributed by atoms with Gasteiger partial charge in [-0.3, -0.25) is 4.79 Å². The van der Waals surface area contributed by atoms with Crippen LogP contribution < -0.4 is 0 Å². The number of carbonyl (C=O) groups is 2. The molecule has 92 valence electrons. The number of carbonyl (C=O) groups excluding carboxylic acids is 1. The molecule has 1 unspecified atom stereocenters. The molecule has 17 heavy (non-hydrogen) atoms. The molecule has 0 aliphatic carbocycles. The lowest BCUT2D eigenvalue weighted by atomic mass is 10.3. The fourth-order valence-corrected chi connectivity index (χ4v) is 1.98. The molecule has 1 aromatic rings. The van der Waals surface area contributed by atoms with Crippen LogP contribution in [0.1, 0.15) is 36.3 Å². The van der Waals surface area contributed by atoms with Crippen molar-refractivity contribution >= 4 is 11.9 Å². The average molecular weight is 237 g/mol. The van der Waals surface area contributed by atoms with Gasteiger partial charge < -0.3 is 10.0 Å². The van der Waals surface area contributed by atoms with E-state index in [1.165, 1.54) is 17.8 Å². The summed E-state index contributed by atoms with van der Waals surface area (Å²) in [6, 6.07) is 0.742. The Morgan fingerprint density at radius 2 is 2.06 bits per heavy atom. The largest absolute Gasteiger partial charge is 0.480 e. The zero-order chi connectivity index (χ0) is 12.4. The van der Waals surface area contributed by atoms with Gasteiger partial charge in [0.05, 0.1) is 0 Å². The number of carboxylic acid groups (broad SMARTS) is 1. The molecule has 2 heterocycles. The van der Waals surface area contributed by atoms with Crippen molar-refractivity contribution in [2.45, 2.75) is 25.8 Å². The number of hydrogen-bond acceptors (Lipinski definition) is 3. The third kappa shape index (κ3) is 2.15. The van der Waals surface area contributed by atoms with Crippen molar-refractivity contribution in [3.05, 3.63) is 18.0 Å². The molecule has 1 amide bonds. The standard InChI is InChI=1S/C11H15N3O3/c1-8(11(16)17)14-9(4-5-12-14)10(15)13-6-2-3-7-13/h4-5,8H,2-3,6-7H2,1H3,(H,16,17). The summed E-state index contributed by atoms with van der Waals surface area (Å²) in [7, 11) is 0. The summed E-state index contributed by atoms with van der Waals surface area (Å²) in [4.78, 5) is 24.8. The number of rotatable bonds is 3. The SMILES string of the molecule is CC(C(=O)O)n1nccc1C(=O)N1CCCC1. The molecule has 0 saturated carbocycles. The lowest BCUT2D eigenvalue weighted by Gasteiger charge is -2.17. The number of likely N-dealkylation sites (tertiary alicyclic amines) is 1. The summed E-state index contributed by atoms with van der Waals surface area (Å²) in [5, 5.41) is 12.9. The lowest BCUT2D eigenvalue weighted by molar-refractivity contribution is -0.140. The van der Waals surface area contributed by atoms with Crippen molar-refractivity contribution in [3.63, 3.8) is 0 Å². The molecule has 6 heteroatoms. The van der Waals surface area contributed by atoms with Gasteiger partial charge in [-0.25, -0.2) is 9.48 Å². The van der Waals surface area contributed by atoms with Gasteiger partial charge in [0.1, 0.15) is 11.7 Å². The Kier molecular flexibility index (Phi) is 3.12. The molecule has 1 saturated heterocycles. The van der Waals surface area contributed by atoms with Crippen molar-refractivity contribution in [1.29, 1.82) is 0 Å². The smallest absolute Gasteiger partial charge is 0.328 e. The highest BCUT2D eigenvalue weighted by atomic mass is 16.4. The van der Waals surface area contributed by atoms with Crippen LogP contribution in [0, 0.1) is 0 Å². The maximum Gasteiger partial charge on any atom is 0.328 e. The summed E-state index contributed by atoms with van der Waals surface area (Å²) in [6.07, 6.45) is 3.48. The Balaban J connectivity index is 2.23. The van der Waals surface area contributed by atoms with Crippen LogP contribution in [-0.2, 0) is 4.79 Å². The molecule has 0 radical (unpaired) electrons. The van der Waals surface area contributed by atoms with Gasteiger partial charge in [-0.05, 0) is 25.8 Å². The molecule has 0 bridgehead atoms. The number of amides is 1. The lowest BCUT2D eigenvalue weighted by Crippen LogP contribution is -2.31. The summed E-state index contributed by atoms with van der Waals surface area (Å²) in [5.41, 5.74) is 0.349. The maximum atomic E-state index is 12.1. The molecule has 0 aromatic carbocycles. The van der Waals surface area contributed by atoms with Gasteiger partial charge in [-0.15, -0.1) is 0 Å². The third-order valence-corrected chi connectivity index (χ3v) is 3.01. The predicted molar refractivity (Wildman–Crippen MR) is 59.7 cm³/mol. The van der Waals surface area contributed by atoms with Crippen LogP contribution in [0.2, 0.25) is 0 Å². The zero-order valence-corrected chi connectivity index (χ0v) is 9.67. The predicted octanol–water partition coefficient (Wildman–Crippen LogP) is 0.765. The van der Waals surface area contributed by atoms with Crippen molar-refractivity contribution in [2.24, 2.45) is 0 Å². The number of aliphatic carboxylic acids is 1. The second-order valence-corrected chi connectivity index (χ2v) is 4.17. The molecule has 1 aliphatic rings. The van der Waals surface area contributed by atoms with Crippen LogP contribution in [0.3, 0.4) is 0 Å². The highest BCUT2D eigenvalue weighted by Gasteiger charge is 2.25. The second-order valence-electron chi connectivity index (χ2n) is 4.17. The van der Waals surface area contributed by atoms with Gasteiger partial charge in [0.15, 0.2) is 0 Å². The van der Waals surface area contributed by atoms with Crippen LogP contribution in [0.5, 0.6) is 0 Å². The number of aromatic nitrogens is 2. The van der Waals surface area contributed by atoms with Crippen LogP contribution in [-0.4, -0.2) is 44.8 Å². The molecule has 0 spiro atoms. The number of carboxylic acids is 1. The fourth-order valence-electron chi connectivity index (χ4n) is 1.98. The van der Waals surface area contributed by atoms with Crippen LogP contribution in [0.25, 0.3) is 0 Å². The van der Waals surface area contributed by atoms with Crippen molar-refractivity contribution in [3.8, 4) is 0 Å². The Morgan fingerprint density at radius 3 is 2.65 bits per heavy atom. The van der Waals surface area contributed by atoms with Crippen molar-refractivity contribution in [2.75, 3.05) is 13.1 Å². The first-order chi connectivity index (χ1) is 8.11. The molecule has 1 fully saturated rings. The number of hydrogen-bond donors (Lipinski definition) is 1. The van der Waals surface area contributed by atoms with Crippen molar-refractivity contribution < 1.29 is 14.7 Å². The average Bonchev–Trinajstić information content (AvgIpc) is 2.97. The number of nitrogens with zero attached hydrogens (tertiary/aromatic N) is 3. The molecule has 1 N–H and O–H groups in total. The first-order valence-electron chi connectivity index (χ1n) is 5.67. The second kappa shape index (κ2) is 4.57. The van der Waals surface area contributed by atoms with E-state index < -0.39 is 12.0 Å². The molecule has 6 nitrogen and oxygen atoms in total. The highest BCUT2D eigenvalue weighted by molar-refractivity contribution is 5.93. The molecular weight excluding hydrogens is 222 g/mol. The molecule has 1 aliphatic heterocycles. The molecule has 1 aromatic heterocycles. The molecule has 2 rings (SSSR count). The van der Waals surface area contributed by atoms with Crippen LogP contribution >= 0.6 is 0 Å². The van der Waals surface area contributed by atoms with Gasteiger partial charge in [-0.2, -0.15) is 5.10 Å². The van der Waals surface area contributed by atoms with Gasteiger partial charge in [0.2, 0.25) is 0 Å². The Labute approximate surface area is 98.8 Å². The minimum absolute atomic E-state index is 0.131. The monoisotopic (exact) mass is 237 g/mol. The summed E-state index contributed by atoms with van der Waals surface area (Å²) in [6.45, 7) is 2.99. The highest BCUT2D eigenvalue weighted by Crippen LogP contribution is 2.15. The van der Waals surface area contributed by atoms with E-state index in [-0.39, 0.29) is 5.91 Å². The van der Waals surface area contributed by atoms with Crippen LogP contribution in [0.15, 0.2) is 12.3 Å². The van der Waals surface area contributed by atoms with E-state index in [1.807, 2.05) is 0 Å². The van der Waals surface area contributed by atoms with E-state index in [9.17, 15) is 9.59 Å². The van der Waals surface area contributed by atoms with E-state index in [2.05, 4.69) is 5.10 Å². The van der Waals surface area contributed by atoms with E-state index >= 15 is 0 Å². The van der Waals surface area contributed by atoms with Gasteiger partial charge in [0.25, 0.3) is 5.91 Å². The quantitative estimate of drug-likeness (QED) is 0.842. The summed E-state index contributed by atoms with van der Waals surface area (Å²) >= 11 is 0. The minimum Gasteiger partial charge on any atom is -0.480 e. The Hall–Kier alpha value is -1.85. The summed E-state index contributed by atoms with van der Waals surface area (Å²) < 4.78 is 1.27. The zero-order valence-electron chi connectivity index (χ0n) is 9.67. The topological polar surface area (TPSA) is 75.4 Å². The fraction of sp³-hybridized carbons (Fsp3) is 0.545. The maximum absolute atomic E-state index is 12.1. The van der Waals surface area contributed by atoms with E-state index in [4.69, 9.17) is 5.11 Å². The first-order valence-corrected chi connectivity index (χ1v) is 5.67. The van der Waals surface area contributed by atoms with Gasteiger partial charge in [-0.1, -0.05) is 0 Å². The van der Waals surface area contributed by atoms with E-state index in [0.29, 0.717) is 5.69 Å². The van der Waals surface area contributed by atoms with Crippen molar-refractivity contribution in [1.82, 2.24) is 14.7 Å². The van der Waals surface area contributed by atoms with Gasteiger partial charge >= 0.3 is 5.97 Å². The Bertz CT molecular complexity index is 435. The molecule has 1 atom stereocenters. The summed E-state index contributed by atoms with van der Waals surface area (Å²) in [5.74, 6) is -1.13. The molecular formula is C11H15N3O3.